The Morgan fingerprint density at radius 1 is 1.65 bits per heavy atom. The van der Waals surface area contributed by atoms with Crippen LogP contribution in [0.1, 0.15) is 27.2 Å². The molecule has 0 aliphatic carbocycles. The van der Waals surface area contributed by atoms with E-state index in [0.29, 0.717) is 26.4 Å². The van der Waals surface area contributed by atoms with E-state index in [0.717, 1.165) is 6.42 Å². The standard InChI is InChI=1S/C12H24N2O3/c1-9(2)17-6-4-5-14-11(15)12(3)8-16-7-10(12)13/h9-10H,4-8,13H2,1-3H3,(H,14,15). The first-order chi connectivity index (χ1) is 7.97. The molecule has 1 saturated heterocycles. The highest BCUT2D eigenvalue weighted by Crippen LogP contribution is 2.26. The second kappa shape index (κ2) is 6.33. The van der Waals surface area contributed by atoms with Crippen LogP contribution in [0.4, 0.5) is 0 Å². The van der Waals surface area contributed by atoms with Gasteiger partial charge >= 0.3 is 0 Å². The molecule has 0 aromatic carbocycles. The number of ether oxygens (including phenoxy) is 2. The van der Waals surface area contributed by atoms with Gasteiger partial charge in [0.15, 0.2) is 0 Å². The Morgan fingerprint density at radius 2 is 2.35 bits per heavy atom. The van der Waals surface area contributed by atoms with Gasteiger partial charge < -0.3 is 20.5 Å². The molecule has 1 heterocycles. The molecule has 5 heteroatoms. The molecule has 0 aromatic rings. The zero-order valence-corrected chi connectivity index (χ0v) is 11.0. The molecule has 2 unspecified atom stereocenters. The minimum Gasteiger partial charge on any atom is -0.379 e. The van der Waals surface area contributed by atoms with Crippen molar-refractivity contribution in [2.75, 3.05) is 26.4 Å². The van der Waals surface area contributed by atoms with Gasteiger partial charge in [-0.2, -0.15) is 0 Å². The summed E-state index contributed by atoms with van der Waals surface area (Å²) in [7, 11) is 0. The van der Waals surface area contributed by atoms with Gasteiger partial charge in [0.1, 0.15) is 0 Å². The van der Waals surface area contributed by atoms with E-state index in [1.807, 2.05) is 20.8 Å². The first kappa shape index (κ1) is 14.4. The Kier molecular flexibility index (Phi) is 5.36. The molecule has 0 spiro atoms. The van der Waals surface area contributed by atoms with Gasteiger partial charge in [-0.1, -0.05) is 0 Å². The van der Waals surface area contributed by atoms with E-state index in [2.05, 4.69) is 5.32 Å². The van der Waals surface area contributed by atoms with E-state index in [1.54, 1.807) is 0 Å². The molecule has 1 aliphatic rings. The van der Waals surface area contributed by atoms with Gasteiger partial charge in [-0.3, -0.25) is 4.79 Å². The number of carbonyl (C=O) groups excluding carboxylic acids is 1. The fourth-order valence-electron chi connectivity index (χ4n) is 1.72. The van der Waals surface area contributed by atoms with Crippen molar-refractivity contribution in [3.63, 3.8) is 0 Å². The van der Waals surface area contributed by atoms with Gasteiger partial charge in [-0.25, -0.2) is 0 Å². The highest BCUT2D eigenvalue weighted by atomic mass is 16.5. The molecule has 100 valence electrons. The van der Waals surface area contributed by atoms with Crippen LogP contribution in [-0.2, 0) is 14.3 Å². The zero-order valence-electron chi connectivity index (χ0n) is 11.0. The SMILES string of the molecule is CC(C)OCCCNC(=O)C1(C)COCC1N. The first-order valence-corrected chi connectivity index (χ1v) is 6.20. The van der Waals surface area contributed by atoms with Crippen LogP contribution in [0, 0.1) is 5.41 Å². The third-order valence-electron chi connectivity index (χ3n) is 3.09. The first-order valence-electron chi connectivity index (χ1n) is 6.20. The molecular weight excluding hydrogens is 220 g/mol. The van der Waals surface area contributed by atoms with E-state index in [1.165, 1.54) is 0 Å². The number of amides is 1. The van der Waals surface area contributed by atoms with E-state index in [-0.39, 0.29) is 18.1 Å². The number of hydrogen-bond donors (Lipinski definition) is 2. The lowest BCUT2D eigenvalue weighted by Gasteiger charge is -2.25. The Bertz CT molecular complexity index is 258. The number of hydrogen-bond acceptors (Lipinski definition) is 4. The van der Waals surface area contributed by atoms with Crippen molar-refractivity contribution in [2.45, 2.75) is 39.3 Å². The maximum atomic E-state index is 12.0. The quantitative estimate of drug-likeness (QED) is 0.658. The molecule has 1 amide bonds. The fraction of sp³-hybridized carbons (Fsp3) is 0.917. The van der Waals surface area contributed by atoms with E-state index < -0.39 is 5.41 Å². The third kappa shape index (κ3) is 3.94. The molecule has 0 saturated carbocycles. The topological polar surface area (TPSA) is 73.6 Å². The molecule has 1 fully saturated rings. The van der Waals surface area contributed by atoms with Gasteiger partial charge in [0, 0.05) is 19.2 Å². The highest BCUT2D eigenvalue weighted by molar-refractivity contribution is 5.83. The lowest BCUT2D eigenvalue weighted by molar-refractivity contribution is -0.130. The largest absolute Gasteiger partial charge is 0.379 e. The molecule has 0 aromatic heterocycles. The number of rotatable bonds is 6. The average molecular weight is 244 g/mol. The molecule has 3 N–H and O–H groups in total. The predicted octanol–water partition coefficient (Wildman–Crippen LogP) is 0.282. The summed E-state index contributed by atoms with van der Waals surface area (Å²) in [4.78, 5) is 12.0. The molecule has 17 heavy (non-hydrogen) atoms. The van der Waals surface area contributed by atoms with Gasteiger partial charge in [-0.15, -0.1) is 0 Å². The Labute approximate surface area is 103 Å². The normalized spacial score (nSPS) is 28.6. The lowest BCUT2D eigenvalue weighted by atomic mass is 9.85. The number of carbonyl (C=O) groups is 1. The minimum atomic E-state index is -0.584. The summed E-state index contributed by atoms with van der Waals surface area (Å²) in [6.07, 6.45) is 1.05. The van der Waals surface area contributed by atoms with Crippen molar-refractivity contribution < 1.29 is 14.3 Å². The molecule has 0 bridgehead atoms. The fourth-order valence-corrected chi connectivity index (χ4v) is 1.72. The monoisotopic (exact) mass is 244 g/mol. The molecule has 2 atom stereocenters. The smallest absolute Gasteiger partial charge is 0.229 e. The van der Waals surface area contributed by atoms with E-state index in [9.17, 15) is 4.79 Å². The zero-order chi connectivity index (χ0) is 12.9. The van der Waals surface area contributed by atoms with Gasteiger partial charge in [-0.05, 0) is 27.2 Å². The van der Waals surface area contributed by atoms with Crippen molar-refractivity contribution >= 4 is 5.91 Å². The van der Waals surface area contributed by atoms with Crippen LogP contribution >= 0.6 is 0 Å². The number of nitrogens with two attached hydrogens (primary N) is 1. The number of nitrogens with one attached hydrogen (secondary N) is 1. The van der Waals surface area contributed by atoms with Crippen LogP contribution in [0.3, 0.4) is 0 Å². The highest BCUT2D eigenvalue weighted by Gasteiger charge is 2.44. The summed E-state index contributed by atoms with van der Waals surface area (Å²) in [5, 5.41) is 2.89. The van der Waals surface area contributed by atoms with Crippen molar-refractivity contribution in [1.82, 2.24) is 5.32 Å². The maximum Gasteiger partial charge on any atom is 0.229 e. The lowest BCUT2D eigenvalue weighted by Crippen LogP contribution is -2.50. The van der Waals surface area contributed by atoms with Gasteiger partial charge in [0.05, 0.1) is 24.7 Å². The minimum absolute atomic E-state index is 0.0213. The van der Waals surface area contributed by atoms with Crippen molar-refractivity contribution in [1.29, 1.82) is 0 Å². The Morgan fingerprint density at radius 3 is 2.88 bits per heavy atom. The predicted molar refractivity (Wildman–Crippen MR) is 65.6 cm³/mol. The molecule has 1 aliphatic heterocycles. The van der Waals surface area contributed by atoms with Crippen LogP contribution in [0.25, 0.3) is 0 Å². The molecule has 0 radical (unpaired) electrons. The van der Waals surface area contributed by atoms with Crippen LogP contribution in [0.15, 0.2) is 0 Å². The maximum absolute atomic E-state index is 12.0. The summed E-state index contributed by atoms with van der Waals surface area (Å²) in [6, 6.07) is -0.214. The van der Waals surface area contributed by atoms with Gasteiger partial charge in [0.2, 0.25) is 5.91 Å². The van der Waals surface area contributed by atoms with Crippen LogP contribution in [-0.4, -0.2) is 44.4 Å². The van der Waals surface area contributed by atoms with Crippen molar-refractivity contribution in [3.8, 4) is 0 Å². The van der Waals surface area contributed by atoms with E-state index >= 15 is 0 Å². The van der Waals surface area contributed by atoms with E-state index in [4.69, 9.17) is 15.2 Å². The van der Waals surface area contributed by atoms with Crippen molar-refractivity contribution in [2.24, 2.45) is 11.1 Å². The second-order valence-electron chi connectivity index (χ2n) is 5.07. The second-order valence-corrected chi connectivity index (χ2v) is 5.07. The van der Waals surface area contributed by atoms with Crippen LogP contribution in [0.2, 0.25) is 0 Å². The summed E-state index contributed by atoms with van der Waals surface area (Å²) in [5.41, 5.74) is 5.29. The summed E-state index contributed by atoms with van der Waals surface area (Å²) in [6.45, 7) is 7.99. The Hall–Kier alpha value is -0.650. The van der Waals surface area contributed by atoms with Crippen LogP contribution < -0.4 is 11.1 Å². The van der Waals surface area contributed by atoms with Crippen molar-refractivity contribution in [3.05, 3.63) is 0 Å². The third-order valence-corrected chi connectivity index (χ3v) is 3.09. The summed E-state index contributed by atoms with van der Waals surface area (Å²) >= 11 is 0. The Balaban J connectivity index is 2.21. The average Bonchev–Trinajstić information content (AvgIpc) is 2.59. The van der Waals surface area contributed by atoms with Crippen LogP contribution in [0.5, 0.6) is 0 Å². The molecule has 1 rings (SSSR count). The summed E-state index contributed by atoms with van der Waals surface area (Å²) in [5.74, 6) is -0.0213. The van der Waals surface area contributed by atoms with Gasteiger partial charge in [0.25, 0.3) is 0 Å². The molecule has 5 nitrogen and oxygen atoms in total. The molecular formula is C12H24N2O3. The summed E-state index contributed by atoms with van der Waals surface area (Å²) < 4.78 is 10.6.